The molecule has 0 saturated heterocycles. The van der Waals surface area contributed by atoms with E-state index in [2.05, 4.69) is 0 Å². The van der Waals surface area contributed by atoms with Gasteiger partial charge in [-0.2, -0.15) is 0 Å². The van der Waals surface area contributed by atoms with Crippen LogP contribution in [0.25, 0.3) is 0 Å². The number of hydrogen-bond donors (Lipinski definition) is 2. The Morgan fingerprint density at radius 3 is 1.29 bits per heavy atom. The van der Waals surface area contributed by atoms with Crippen LogP contribution in [0.1, 0.15) is 4.28 Å². The molecule has 38 valence electrons. The zero-order valence-corrected chi connectivity index (χ0v) is 12.7. The molecule has 0 saturated carbocycles. The molecule has 0 aliphatic heterocycles. The van der Waals surface area contributed by atoms with Gasteiger partial charge in [0.1, 0.15) is 0 Å². The van der Waals surface area contributed by atoms with Gasteiger partial charge in [-0.05, 0) is 0 Å². The molecule has 0 atom stereocenters. The van der Waals surface area contributed by atoms with Crippen LogP contribution >= 0.6 is 0 Å². The molecule has 7 heteroatoms. The summed E-state index contributed by atoms with van der Waals surface area (Å²) in [5.74, 6) is 0. The van der Waals surface area contributed by atoms with Gasteiger partial charge in [-0.15, -0.1) is 0 Å². The Morgan fingerprint density at radius 2 is 1.29 bits per heavy atom. The van der Waals surface area contributed by atoms with E-state index in [-0.39, 0.29) is 105 Å². The Morgan fingerprint density at radius 1 is 1.29 bits per heavy atom. The van der Waals surface area contributed by atoms with E-state index in [4.69, 9.17) is 15.9 Å². The van der Waals surface area contributed by atoms with Crippen molar-refractivity contribution in [3.8, 4) is 0 Å². The fourth-order valence-electron chi connectivity index (χ4n) is 0. The molecule has 0 unspecified atom stereocenters. The summed E-state index contributed by atoms with van der Waals surface area (Å²) in [4.78, 5) is 0. The summed E-state index contributed by atoms with van der Waals surface area (Å²) in [6, 6.07) is 0. The Labute approximate surface area is 130 Å². The first kappa shape index (κ1) is 16.7. The molecule has 0 amide bonds. The van der Waals surface area contributed by atoms with Crippen LogP contribution < -0.4 is 51.4 Å². The quantitative estimate of drug-likeness (QED) is 0.443. The van der Waals surface area contributed by atoms with Crippen molar-refractivity contribution < 1.29 is 85.2 Å². The van der Waals surface area contributed by atoms with Crippen molar-refractivity contribution in [3.63, 3.8) is 0 Å². The van der Waals surface area contributed by atoms with Crippen LogP contribution in [0.2, 0.25) is 0 Å². The Bertz CT molecular complexity index is 104. The predicted molar refractivity (Wildman–Crippen MR) is 14.9 cm³/mol. The van der Waals surface area contributed by atoms with Gasteiger partial charge in [-0.25, -0.2) is 0 Å². The molecule has 7 heavy (non-hydrogen) atoms. The molecule has 0 aliphatic carbocycles. The summed E-state index contributed by atoms with van der Waals surface area (Å²) in [6.07, 6.45) is 0. The van der Waals surface area contributed by atoms with E-state index in [1.165, 1.54) is 0 Å². The van der Waals surface area contributed by atoms with Crippen molar-refractivity contribution in [1.29, 1.82) is 0 Å². The third kappa shape index (κ3) is 45.9. The van der Waals surface area contributed by atoms with E-state index < -0.39 is 13.6 Å². The van der Waals surface area contributed by atoms with Crippen LogP contribution in [0.4, 0.5) is 0 Å². The first-order valence-corrected chi connectivity index (χ1v) is 2.88. The topological polar surface area (TPSA) is 74.6 Å². The van der Waals surface area contributed by atoms with E-state index in [1.54, 1.807) is 0 Å². The molecule has 0 fully saturated rings. The van der Waals surface area contributed by atoms with Crippen molar-refractivity contribution in [2.45, 2.75) is 0 Å². The number of hydrogen-bond acceptors (Lipinski definition) is 2. The van der Waals surface area contributed by atoms with E-state index in [1.807, 2.05) is 0 Å². The molecule has 0 aromatic carbocycles. The average Bonchev–Trinajstić information content (AvgIpc) is 0.722. The van der Waals surface area contributed by atoms with Gasteiger partial charge in [0.25, 0.3) is 0 Å². The molecular formula is H5BaCrKO4. The van der Waals surface area contributed by atoms with Gasteiger partial charge in [-0.3, -0.25) is 0 Å². The average molecular weight is 297 g/mol. The number of rotatable bonds is 0. The molecule has 0 bridgehead atoms. The van der Waals surface area contributed by atoms with Crippen LogP contribution in [-0.2, 0) is 21.2 Å². The van der Waals surface area contributed by atoms with Gasteiger partial charge in [-0.1, -0.05) is 0 Å². The zero-order chi connectivity index (χ0) is 4.50. The monoisotopic (exact) mass is 298 g/mol. The molecule has 0 radical (unpaired) electrons. The maximum absolute atomic E-state index is 8.82. The standard InChI is InChI=1S/Ba.Cr.K.2H2O.2O.3H/h;;;2*1H2;;;;;/q2*+2;+1;;;;;3*-1/p-2. The zero-order valence-electron chi connectivity index (χ0n) is 6.83. The van der Waals surface area contributed by atoms with Crippen LogP contribution in [0.3, 0.4) is 0 Å². The second-order valence-corrected chi connectivity index (χ2v) is 1.85. The fraction of sp³-hybridized carbons (Fsp3) is 0. The Hall–Kier alpha value is 3.26. The van der Waals surface area contributed by atoms with E-state index in [0.29, 0.717) is 0 Å². The fourth-order valence-corrected chi connectivity index (χ4v) is 0. The van der Waals surface area contributed by atoms with Gasteiger partial charge in [0.2, 0.25) is 0 Å². The summed E-state index contributed by atoms with van der Waals surface area (Å²) in [6.45, 7) is 0. The third-order valence-corrected chi connectivity index (χ3v) is 0. The molecular weight excluding hydrogens is 292 g/mol. The van der Waals surface area contributed by atoms with Gasteiger partial charge < -0.3 is 4.28 Å². The third-order valence-electron chi connectivity index (χ3n) is 0. The van der Waals surface area contributed by atoms with Gasteiger partial charge >= 0.3 is 130 Å². The SMILES string of the molecule is [Ba+2].[H-].[H-].[H-].[K+].[O]=[Cr](=[O])([OH])[OH]. The first-order valence-electron chi connectivity index (χ1n) is 0.698. The van der Waals surface area contributed by atoms with E-state index in [9.17, 15) is 0 Å². The first-order chi connectivity index (χ1) is 2.00. The summed E-state index contributed by atoms with van der Waals surface area (Å²) in [7, 11) is 0. The normalized spacial score (nSPS) is 8.29. The van der Waals surface area contributed by atoms with Crippen LogP contribution in [-0.4, -0.2) is 57.2 Å². The minimum atomic E-state index is -5.25. The minimum absolute atomic E-state index is 0. The maximum atomic E-state index is 8.82. The second kappa shape index (κ2) is 7.37. The molecule has 2 N–H and O–H groups in total. The summed E-state index contributed by atoms with van der Waals surface area (Å²) in [5, 5.41) is 0. The van der Waals surface area contributed by atoms with Crippen molar-refractivity contribution >= 4 is 48.9 Å². The Kier molecular flexibility index (Phi) is 17.6. The molecule has 0 spiro atoms. The summed E-state index contributed by atoms with van der Waals surface area (Å²) < 4.78 is 31.9. The predicted octanol–water partition coefficient (Wildman–Crippen LogP) is -4.39. The van der Waals surface area contributed by atoms with Gasteiger partial charge in [0, 0.05) is 0 Å². The van der Waals surface area contributed by atoms with Crippen molar-refractivity contribution in [1.82, 2.24) is 0 Å². The van der Waals surface area contributed by atoms with Crippen LogP contribution in [0.5, 0.6) is 0 Å². The van der Waals surface area contributed by atoms with Crippen molar-refractivity contribution in [3.05, 3.63) is 0 Å². The summed E-state index contributed by atoms with van der Waals surface area (Å²) >= 11 is -5.25. The molecule has 0 aliphatic rings. The molecule has 0 aromatic heterocycles. The molecule has 4 nitrogen and oxygen atoms in total. The van der Waals surface area contributed by atoms with Crippen LogP contribution in [0, 0.1) is 0 Å². The van der Waals surface area contributed by atoms with Crippen molar-refractivity contribution in [2.24, 2.45) is 0 Å². The van der Waals surface area contributed by atoms with E-state index >= 15 is 0 Å². The van der Waals surface area contributed by atoms with Crippen molar-refractivity contribution in [2.75, 3.05) is 0 Å². The second-order valence-electron chi connectivity index (χ2n) is 0.448. The molecule has 0 aromatic rings. The van der Waals surface area contributed by atoms with Crippen LogP contribution in [0.15, 0.2) is 0 Å². The van der Waals surface area contributed by atoms with E-state index in [0.717, 1.165) is 0 Å². The van der Waals surface area contributed by atoms with Gasteiger partial charge in [0.15, 0.2) is 0 Å². The summed E-state index contributed by atoms with van der Waals surface area (Å²) in [5.41, 5.74) is 0. The molecule has 0 rings (SSSR count). The Balaban J connectivity index is -0.00000000800. The molecule has 0 heterocycles. The van der Waals surface area contributed by atoms with Gasteiger partial charge in [0.05, 0.1) is 0 Å².